The molecule has 0 atom stereocenters. The smallest absolute Gasteiger partial charge is 0.0835 e. The zero-order chi connectivity index (χ0) is 16.9. The number of hydrogen-bond donors (Lipinski definition) is 0. The molecule has 0 saturated heterocycles. The lowest BCUT2D eigenvalue weighted by Crippen LogP contribution is -1.90. The molecule has 0 fully saturated rings. The van der Waals surface area contributed by atoms with Crippen molar-refractivity contribution in [1.82, 2.24) is 4.57 Å². The van der Waals surface area contributed by atoms with Gasteiger partial charge in [0.15, 0.2) is 0 Å². The maximum Gasteiger partial charge on any atom is 0.0835 e. The highest BCUT2D eigenvalue weighted by molar-refractivity contribution is 5.84. The second kappa shape index (κ2) is 7.11. The van der Waals surface area contributed by atoms with Gasteiger partial charge in [0.25, 0.3) is 0 Å². The van der Waals surface area contributed by atoms with E-state index in [2.05, 4.69) is 83.1 Å². The third-order valence-electron chi connectivity index (χ3n) is 4.32. The van der Waals surface area contributed by atoms with Crippen LogP contribution in [0, 0.1) is 11.8 Å². The normalized spacial score (nSPS) is 10.4. The number of benzene rings is 3. The third-order valence-corrected chi connectivity index (χ3v) is 4.32. The molecule has 0 bridgehead atoms. The van der Waals surface area contributed by atoms with E-state index >= 15 is 0 Å². The Morgan fingerprint density at radius 2 is 1.48 bits per heavy atom. The molecule has 0 saturated carbocycles. The molecule has 4 aromatic rings. The Morgan fingerprint density at radius 3 is 2.32 bits per heavy atom. The summed E-state index contributed by atoms with van der Waals surface area (Å²) in [5, 5.41) is 2.51. The topological polar surface area (TPSA) is 4.93 Å². The van der Waals surface area contributed by atoms with E-state index in [1.54, 1.807) is 0 Å². The summed E-state index contributed by atoms with van der Waals surface area (Å²) in [6, 6.07) is 27.8. The zero-order valence-corrected chi connectivity index (χ0v) is 14.0. The van der Waals surface area contributed by atoms with Gasteiger partial charge in [0.2, 0.25) is 0 Å². The molecule has 0 aliphatic heterocycles. The minimum atomic E-state index is 0.721. The summed E-state index contributed by atoms with van der Waals surface area (Å²) < 4.78 is 2.08. The van der Waals surface area contributed by atoms with Crippen molar-refractivity contribution in [2.75, 3.05) is 0 Å². The molecule has 1 heteroatoms. The molecule has 0 N–H and O–H groups in total. The molecule has 1 heterocycles. The van der Waals surface area contributed by atoms with Crippen LogP contribution in [0.2, 0.25) is 0 Å². The first-order valence-corrected chi connectivity index (χ1v) is 8.53. The van der Waals surface area contributed by atoms with Crippen LogP contribution < -0.4 is 0 Å². The Hall–Kier alpha value is -3.24. The van der Waals surface area contributed by atoms with Crippen LogP contribution in [0.15, 0.2) is 91.3 Å². The van der Waals surface area contributed by atoms with E-state index in [1.165, 1.54) is 21.9 Å². The minimum Gasteiger partial charge on any atom is -0.343 e. The molecule has 0 spiro atoms. The van der Waals surface area contributed by atoms with E-state index in [-0.39, 0.29) is 0 Å². The fourth-order valence-corrected chi connectivity index (χ4v) is 3.02. The number of rotatable bonds is 3. The van der Waals surface area contributed by atoms with Crippen LogP contribution in [0.3, 0.4) is 0 Å². The highest BCUT2D eigenvalue weighted by Crippen LogP contribution is 2.19. The summed E-state index contributed by atoms with van der Waals surface area (Å²) in [5.74, 6) is 6.51. The number of hydrogen-bond acceptors (Lipinski definition) is 0. The van der Waals surface area contributed by atoms with Crippen molar-refractivity contribution in [2.24, 2.45) is 0 Å². The predicted molar refractivity (Wildman–Crippen MR) is 105 cm³/mol. The Labute approximate surface area is 148 Å². The fraction of sp³-hybridized carbons (Fsp3) is 0.0833. The zero-order valence-electron chi connectivity index (χ0n) is 14.0. The van der Waals surface area contributed by atoms with Gasteiger partial charge in [0.1, 0.15) is 0 Å². The minimum absolute atomic E-state index is 0.721. The number of nitrogens with zero attached hydrogens (tertiary/aromatic N) is 1. The lowest BCUT2D eigenvalue weighted by Gasteiger charge is -2.05. The number of fused-ring (bicyclic) bond motifs is 1. The Balaban J connectivity index is 1.57. The van der Waals surface area contributed by atoms with Gasteiger partial charge in [-0.2, -0.15) is 0 Å². The Kier molecular flexibility index (Phi) is 4.35. The molecular formula is C24H19N. The van der Waals surface area contributed by atoms with Crippen molar-refractivity contribution in [3.8, 4) is 11.8 Å². The molecule has 0 amide bonds. The fourth-order valence-electron chi connectivity index (χ4n) is 3.02. The van der Waals surface area contributed by atoms with E-state index in [9.17, 15) is 0 Å². The Morgan fingerprint density at radius 1 is 0.680 bits per heavy atom. The first-order valence-electron chi connectivity index (χ1n) is 8.53. The van der Waals surface area contributed by atoms with Crippen molar-refractivity contribution in [2.45, 2.75) is 13.0 Å². The van der Waals surface area contributed by atoms with Crippen molar-refractivity contribution in [1.29, 1.82) is 0 Å². The molecule has 1 aromatic heterocycles. The second-order valence-corrected chi connectivity index (χ2v) is 6.22. The van der Waals surface area contributed by atoms with E-state index in [0.29, 0.717) is 0 Å². The summed E-state index contributed by atoms with van der Waals surface area (Å²) in [7, 11) is 0. The summed E-state index contributed by atoms with van der Waals surface area (Å²) in [4.78, 5) is 0. The molecular weight excluding hydrogens is 302 g/mol. The lowest BCUT2D eigenvalue weighted by molar-refractivity contribution is 0.850. The molecule has 0 aliphatic carbocycles. The van der Waals surface area contributed by atoms with Gasteiger partial charge in [-0.1, -0.05) is 66.4 Å². The predicted octanol–water partition coefficient (Wildman–Crippen LogP) is 5.28. The summed E-state index contributed by atoms with van der Waals surface area (Å²) in [6.45, 7) is 0.721. The van der Waals surface area contributed by atoms with E-state index in [0.717, 1.165) is 18.5 Å². The number of aromatic nitrogens is 1. The third kappa shape index (κ3) is 3.82. The van der Waals surface area contributed by atoms with Gasteiger partial charge in [0.05, 0.1) is 6.54 Å². The molecule has 25 heavy (non-hydrogen) atoms. The van der Waals surface area contributed by atoms with Crippen molar-refractivity contribution < 1.29 is 0 Å². The molecule has 1 nitrogen and oxygen atoms in total. The van der Waals surface area contributed by atoms with E-state index in [4.69, 9.17) is 0 Å². The summed E-state index contributed by atoms with van der Waals surface area (Å²) in [5.41, 5.74) is 3.73. The lowest BCUT2D eigenvalue weighted by atomic mass is 10.00. The second-order valence-electron chi connectivity index (χ2n) is 6.22. The van der Waals surface area contributed by atoms with Crippen molar-refractivity contribution >= 4 is 10.8 Å². The standard InChI is InChI=1S/C24H19N/c1-2-7-20(8-3-1)17-22-11-13-23-12-10-21(18-24(23)19-22)9-6-16-25-14-4-5-15-25/h1-5,7-8,10-15,18-19H,16-17H2. The van der Waals surface area contributed by atoms with Crippen molar-refractivity contribution in [3.05, 3.63) is 108 Å². The van der Waals surface area contributed by atoms with Gasteiger partial charge in [0, 0.05) is 18.0 Å². The van der Waals surface area contributed by atoms with Crippen LogP contribution in [0.4, 0.5) is 0 Å². The molecule has 0 radical (unpaired) electrons. The molecule has 3 aromatic carbocycles. The van der Waals surface area contributed by atoms with Crippen LogP contribution in [0.5, 0.6) is 0 Å². The monoisotopic (exact) mass is 321 g/mol. The average Bonchev–Trinajstić information content (AvgIpc) is 3.16. The molecule has 0 unspecified atom stereocenters. The highest BCUT2D eigenvalue weighted by Gasteiger charge is 2.00. The highest BCUT2D eigenvalue weighted by atomic mass is 14.9. The van der Waals surface area contributed by atoms with Gasteiger partial charge in [-0.25, -0.2) is 0 Å². The molecule has 120 valence electrons. The van der Waals surface area contributed by atoms with Crippen LogP contribution in [0.1, 0.15) is 16.7 Å². The summed E-state index contributed by atoms with van der Waals surface area (Å²) in [6.07, 6.45) is 5.02. The molecule has 0 aliphatic rings. The first kappa shape index (κ1) is 15.3. The Bertz CT molecular complexity index is 1030. The first-order chi connectivity index (χ1) is 12.4. The maximum absolute atomic E-state index is 3.27. The van der Waals surface area contributed by atoms with Gasteiger partial charge in [-0.3, -0.25) is 0 Å². The summed E-state index contributed by atoms with van der Waals surface area (Å²) >= 11 is 0. The largest absolute Gasteiger partial charge is 0.343 e. The van der Waals surface area contributed by atoms with Gasteiger partial charge in [-0.05, 0) is 52.6 Å². The van der Waals surface area contributed by atoms with Gasteiger partial charge < -0.3 is 4.57 Å². The molecule has 4 rings (SSSR count). The van der Waals surface area contributed by atoms with E-state index in [1.807, 2.05) is 24.5 Å². The maximum atomic E-state index is 3.27. The van der Waals surface area contributed by atoms with Crippen LogP contribution in [-0.2, 0) is 13.0 Å². The van der Waals surface area contributed by atoms with Crippen LogP contribution in [0.25, 0.3) is 10.8 Å². The van der Waals surface area contributed by atoms with Crippen LogP contribution >= 0.6 is 0 Å². The van der Waals surface area contributed by atoms with Crippen LogP contribution in [-0.4, -0.2) is 4.57 Å². The average molecular weight is 321 g/mol. The van der Waals surface area contributed by atoms with Gasteiger partial charge >= 0.3 is 0 Å². The quantitative estimate of drug-likeness (QED) is 0.452. The SMILES string of the molecule is C(#Cc1ccc2ccc(Cc3ccccc3)cc2c1)Cn1cccc1. The van der Waals surface area contributed by atoms with E-state index < -0.39 is 0 Å². The van der Waals surface area contributed by atoms with Gasteiger partial charge in [-0.15, -0.1) is 0 Å². The van der Waals surface area contributed by atoms with Crippen molar-refractivity contribution in [3.63, 3.8) is 0 Å².